The molecular formula is C5H10N2O3. The second-order valence-electron chi connectivity index (χ2n) is 2.03. The molecule has 0 aromatic rings. The van der Waals surface area contributed by atoms with Crippen LogP contribution in [0.25, 0.3) is 0 Å². The topological polar surface area (TPSA) is 73.6 Å². The van der Waals surface area contributed by atoms with Crippen LogP contribution in [0.3, 0.4) is 0 Å². The van der Waals surface area contributed by atoms with Gasteiger partial charge in [-0.2, -0.15) is 0 Å². The molecule has 1 aliphatic rings. The third-order valence-electron chi connectivity index (χ3n) is 1.18. The third kappa shape index (κ3) is 2.20. The van der Waals surface area contributed by atoms with Gasteiger partial charge in [0.15, 0.2) is 6.29 Å². The molecule has 0 aliphatic carbocycles. The van der Waals surface area contributed by atoms with Crippen LogP contribution in [0.1, 0.15) is 12.8 Å². The molecule has 0 saturated carbocycles. The summed E-state index contributed by atoms with van der Waals surface area (Å²) in [5.74, 6) is 0. The summed E-state index contributed by atoms with van der Waals surface area (Å²) in [7, 11) is 0. The number of rotatable bonds is 2. The Morgan fingerprint density at radius 1 is 1.80 bits per heavy atom. The second-order valence-corrected chi connectivity index (χ2v) is 2.03. The highest BCUT2D eigenvalue weighted by atomic mass is 16.8. The van der Waals surface area contributed by atoms with Gasteiger partial charge in [0.25, 0.3) is 0 Å². The molecule has 0 aromatic heterocycles. The SMILES string of the molecule is NC(=O)NOC1CCCO1. The molecule has 2 amide bonds. The van der Waals surface area contributed by atoms with Crippen LogP contribution in [0.15, 0.2) is 0 Å². The molecule has 5 heteroatoms. The summed E-state index contributed by atoms with van der Waals surface area (Å²) in [5.41, 5.74) is 6.74. The van der Waals surface area contributed by atoms with E-state index >= 15 is 0 Å². The molecule has 1 aliphatic heterocycles. The Hall–Kier alpha value is -0.810. The largest absolute Gasteiger partial charge is 0.350 e. The van der Waals surface area contributed by atoms with Crippen molar-refractivity contribution in [3.8, 4) is 0 Å². The molecule has 1 fully saturated rings. The van der Waals surface area contributed by atoms with E-state index < -0.39 is 6.03 Å². The van der Waals surface area contributed by atoms with Gasteiger partial charge < -0.3 is 10.5 Å². The normalized spacial score (nSPS) is 24.6. The first-order valence-electron chi connectivity index (χ1n) is 3.12. The lowest BCUT2D eigenvalue weighted by Crippen LogP contribution is -2.33. The van der Waals surface area contributed by atoms with E-state index in [0.717, 1.165) is 12.8 Å². The van der Waals surface area contributed by atoms with Crippen LogP contribution in [0, 0.1) is 0 Å². The fraction of sp³-hybridized carbons (Fsp3) is 0.800. The van der Waals surface area contributed by atoms with Gasteiger partial charge in [0, 0.05) is 6.42 Å². The number of nitrogens with one attached hydrogen (secondary N) is 1. The molecule has 1 saturated heterocycles. The number of amides is 2. The molecule has 1 rings (SSSR count). The van der Waals surface area contributed by atoms with Gasteiger partial charge >= 0.3 is 6.03 Å². The summed E-state index contributed by atoms with van der Waals surface area (Å²) < 4.78 is 5.01. The molecule has 58 valence electrons. The Bertz CT molecular complexity index is 122. The van der Waals surface area contributed by atoms with Gasteiger partial charge in [0.05, 0.1) is 6.61 Å². The van der Waals surface area contributed by atoms with Crippen molar-refractivity contribution in [3.63, 3.8) is 0 Å². The van der Waals surface area contributed by atoms with Gasteiger partial charge in [-0.25, -0.2) is 15.1 Å². The third-order valence-corrected chi connectivity index (χ3v) is 1.18. The molecule has 0 aromatic carbocycles. The molecule has 0 spiro atoms. The fourth-order valence-corrected chi connectivity index (χ4v) is 0.765. The van der Waals surface area contributed by atoms with Crippen molar-refractivity contribution in [2.45, 2.75) is 19.1 Å². The zero-order valence-corrected chi connectivity index (χ0v) is 5.50. The van der Waals surface area contributed by atoms with Gasteiger partial charge in [0.1, 0.15) is 0 Å². The molecule has 1 unspecified atom stereocenters. The summed E-state index contributed by atoms with van der Waals surface area (Å²) in [6.07, 6.45) is 1.46. The maximum atomic E-state index is 10.1. The first-order chi connectivity index (χ1) is 4.79. The van der Waals surface area contributed by atoms with Crippen molar-refractivity contribution >= 4 is 6.03 Å². The second kappa shape index (κ2) is 3.38. The number of carbonyl (C=O) groups is 1. The minimum Gasteiger partial charge on any atom is -0.350 e. The van der Waals surface area contributed by atoms with Crippen molar-refractivity contribution < 1.29 is 14.4 Å². The predicted octanol–water partition coefficient (Wildman–Crippen LogP) is -0.277. The summed E-state index contributed by atoms with van der Waals surface area (Å²) in [6.45, 7) is 0.686. The Labute approximate surface area is 58.4 Å². The molecular weight excluding hydrogens is 136 g/mol. The van der Waals surface area contributed by atoms with Crippen LogP contribution >= 0.6 is 0 Å². The van der Waals surface area contributed by atoms with E-state index in [1.165, 1.54) is 0 Å². The maximum absolute atomic E-state index is 10.1. The zero-order chi connectivity index (χ0) is 7.40. The summed E-state index contributed by atoms with van der Waals surface area (Å²) >= 11 is 0. The standard InChI is InChI=1S/C5H10N2O3/c6-5(8)7-10-4-2-1-3-9-4/h4H,1-3H2,(H3,6,7,8). The van der Waals surface area contributed by atoms with E-state index in [1.807, 2.05) is 5.48 Å². The van der Waals surface area contributed by atoms with Crippen LogP contribution in [-0.4, -0.2) is 18.9 Å². The van der Waals surface area contributed by atoms with Crippen LogP contribution < -0.4 is 11.2 Å². The quantitative estimate of drug-likeness (QED) is 0.526. The van der Waals surface area contributed by atoms with Gasteiger partial charge in [-0.3, -0.25) is 0 Å². The summed E-state index contributed by atoms with van der Waals surface area (Å²) in [4.78, 5) is 14.8. The number of ether oxygens (including phenoxy) is 1. The van der Waals surface area contributed by atoms with Gasteiger partial charge in [-0.15, -0.1) is 0 Å². The van der Waals surface area contributed by atoms with Crippen LogP contribution in [-0.2, 0) is 9.57 Å². The number of urea groups is 1. The lowest BCUT2D eigenvalue weighted by atomic mass is 10.4. The average Bonchev–Trinajstić information content (AvgIpc) is 2.34. The average molecular weight is 146 g/mol. The van der Waals surface area contributed by atoms with Crippen molar-refractivity contribution in [2.24, 2.45) is 5.73 Å². The van der Waals surface area contributed by atoms with E-state index in [0.29, 0.717) is 6.61 Å². The fourth-order valence-electron chi connectivity index (χ4n) is 0.765. The van der Waals surface area contributed by atoms with Gasteiger partial charge in [0.2, 0.25) is 0 Å². The molecule has 0 bridgehead atoms. The van der Waals surface area contributed by atoms with Crippen LogP contribution in [0.2, 0.25) is 0 Å². The lowest BCUT2D eigenvalue weighted by Gasteiger charge is -2.08. The maximum Gasteiger partial charge on any atom is 0.336 e. The Kier molecular flexibility index (Phi) is 2.47. The number of hydroxylamine groups is 1. The molecule has 5 nitrogen and oxygen atoms in total. The Balaban J connectivity index is 2.07. The lowest BCUT2D eigenvalue weighted by molar-refractivity contribution is -0.139. The molecule has 10 heavy (non-hydrogen) atoms. The number of hydrogen-bond acceptors (Lipinski definition) is 3. The summed E-state index contributed by atoms with van der Waals surface area (Å²) in [6, 6.07) is -0.699. The smallest absolute Gasteiger partial charge is 0.336 e. The predicted molar refractivity (Wildman–Crippen MR) is 32.8 cm³/mol. The molecule has 1 heterocycles. The van der Waals surface area contributed by atoms with Crippen LogP contribution in [0.5, 0.6) is 0 Å². The van der Waals surface area contributed by atoms with E-state index in [2.05, 4.69) is 0 Å². The van der Waals surface area contributed by atoms with E-state index in [-0.39, 0.29) is 6.29 Å². The first kappa shape index (κ1) is 7.30. The van der Waals surface area contributed by atoms with Crippen molar-refractivity contribution in [1.29, 1.82) is 0 Å². The van der Waals surface area contributed by atoms with Crippen molar-refractivity contribution in [1.82, 2.24) is 5.48 Å². The minimum absolute atomic E-state index is 0.313. The Morgan fingerprint density at radius 2 is 2.60 bits per heavy atom. The molecule has 3 N–H and O–H groups in total. The minimum atomic E-state index is -0.699. The van der Waals surface area contributed by atoms with E-state index in [1.54, 1.807) is 0 Å². The number of primary amides is 1. The number of hydrogen-bond donors (Lipinski definition) is 2. The number of carbonyl (C=O) groups excluding carboxylic acids is 1. The highest BCUT2D eigenvalue weighted by molar-refractivity contribution is 5.70. The van der Waals surface area contributed by atoms with Gasteiger partial charge in [-0.05, 0) is 6.42 Å². The number of nitrogens with two attached hydrogens (primary N) is 1. The van der Waals surface area contributed by atoms with E-state index in [4.69, 9.17) is 15.3 Å². The van der Waals surface area contributed by atoms with Crippen LogP contribution in [0.4, 0.5) is 4.79 Å². The van der Waals surface area contributed by atoms with Crippen molar-refractivity contribution in [3.05, 3.63) is 0 Å². The van der Waals surface area contributed by atoms with Crippen molar-refractivity contribution in [2.75, 3.05) is 6.61 Å². The summed E-state index contributed by atoms with van der Waals surface area (Å²) in [5, 5.41) is 0. The van der Waals surface area contributed by atoms with E-state index in [9.17, 15) is 4.79 Å². The molecule has 0 radical (unpaired) electrons. The monoisotopic (exact) mass is 146 g/mol. The Morgan fingerprint density at radius 3 is 3.10 bits per heavy atom. The first-order valence-corrected chi connectivity index (χ1v) is 3.12. The zero-order valence-electron chi connectivity index (χ0n) is 5.50. The molecule has 1 atom stereocenters. The highest BCUT2D eigenvalue weighted by Gasteiger charge is 2.16. The highest BCUT2D eigenvalue weighted by Crippen LogP contribution is 2.11. The van der Waals surface area contributed by atoms with Gasteiger partial charge in [-0.1, -0.05) is 0 Å².